The predicted molar refractivity (Wildman–Crippen MR) is 158 cm³/mol. The van der Waals surface area contributed by atoms with E-state index in [0.717, 1.165) is 16.9 Å². The molecule has 0 bridgehead atoms. The molecular formula is C28H37Cl2NO6SSi. The molecule has 0 aliphatic carbocycles. The zero-order valence-corrected chi connectivity index (χ0v) is 26.7. The SMILES string of the molecule is COc1ccc([C@H](Cc2c(Cl)c[nH+]cc2Cl)OC(=O)c2ccc(CCO[Si](C)(C)C(C)(C)C)s2)cc1OC.[OH-]. The highest BCUT2D eigenvalue weighted by Crippen LogP contribution is 2.37. The van der Waals surface area contributed by atoms with Gasteiger partial charge in [0.05, 0.1) is 14.2 Å². The van der Waals surface area contributed by atoms with Crippen molar-refractivity contribution in [1.29, 1.82) is 0 Å². The number of carbonyl (C=O) groups excluding carboxylic acids is 1. The minimum atomic E-state index is -1.82. The largest absolute Gasteiger partial charge is 0.870 e. The number of esters is 1. The minimum absolute atomic E-state index is 0. The Labute approximate surface area is 245 Å². The number of benzene rings is 1. The molecule has 2 N–H and O–H groups in total. The summed E-state index contributed by atoms with van der Waals surface area (Å²) >= 11 is 14.3. The van der Waals surface area contributed by atoms with E-state index in [9.17, 15) is 4.79 Å². The van der Waals surface area contributed by atoms with Crippen LogP contribution in [-0.4, -0.2) is 40.6 Å². The quantitative estimate of drug-likeness (QED) is 0.165. The van der Waals surface area contributed by atoms with Crippen LogP contribution in [0.3, 0.4) is 0 Å². The molecule has 3 aromatic rings. The zero-order valence-electron chi connectivity index (χ0n) is 23.4. The number of pyridine rings is 1. The lowest BCUT2D eigenvalue weighted by atomic mass is 10.0. The average Bonchev–Trinajstić information content (AvgIpc) is 3.33. The molecule has 0 unspecified atom stereocenters. The summed E-state index contributed by atoms with van der Waals surface area (Å²) in [6, 6.07) is 9.18. The molecule has 1 aromatic carbocycles. The molecule has 1 atom stereocenters. The number of aromatic amines is 1. The molecule has 11 heteroatoms. The first-order chi connectivity index (χ1) is 17.9. The van der Waals surface area contributed by atoms with Gasteiger partial charge < -0.3 is 24.1 Å². The normalized spacial score (nSPS) is 12.4. The Morgan fingerprint density at radius 1 is 1.03 bits per heavy atom. The zero-order chi connectivity index (χ0) is 28.1. The number of hydrogen-bond donors (Lipinski definition) is 0. The molecule has 0 fully saturated rings. The van der Waals surface area contributed by atoms with Crippen molar-refractivity contribution in [3.8, 4) is 11.5 Å². The molecule has 0 amide bonds. The summed E-state index contributed by atoms with van der Waals surface area (Å²) in [5.41, 5.74) is 1.41. The Kier molecular flexibility index (Phi) is 11.8. The molecule has 214 valence electrons. The third kappa shape index (κ3) is 8.42. The van der Waals surface area contributed by atoms with Gasteiger partial charge >= 0.3 is 5.97 Å². The van der Waals surface area contributed by atoms with Crippen LogP contribution in [0.4, 0.5) is 0 Å². The molecular weight excluding hydrogens is 577 g/mol. The van der Waals surface area contributed by atoms with Gasteiger partial charge in [0.25, 0.3) is 0 Å². The van der Waals surface area contributed by atoms with Crippen LogP contribution >= 0.6 is 34.5 Å². The number of ether oxygens (including phenoxy) is 3. The summed E-state index contributed by atoms with van der Waals surface area (Å²) in [6.45, 7) is 11.8. The minimum Gasteiger partial charge on any atom is -0.870 e. The Morgan fingerprint density at radius 2 is 1.67 bits per heavy atom. The third-order valence-electron chi connectivity index (χ3n) is 6.90. The van der Waals surface area contributed by atoms with E-state index < -0.39 is 20.4 Å². The predicted octanol–water partition coefficient (Wildman–Crippen LogP) is 7.41. The maximum absolute atomic E-state index is 13.3. The van der Waals surface area contributed by atoms with Crippen molar-refractivity contribution in [2.45, 2.75) is 57.8 Å². The molecule has 0 aliphatic heterocycles. The van der Waals surface area contributed by atoms with Crippen LogP contribution in [0.1, 0.15) is 52.6 Å². The number of nitrogens with one attached hydrogen (secondary N) is 1. The van der Waals surface area contributed by atoms with Gasteiger partial charge in [-0.15, -0.1) is 11.3 Å². The highest BCUT2D eigenvalue weighted by atomic mass is 35.5. The molecule has 0 saturated heterocycles. The first-order valence-corrected chi connectivity index (χ1v) is 16.8. The fourth-order valence-corrected chi connectivity index (χ4v) is 6.02. The smallest absolute Gasteiger partial charge is 0.348 e. The fraction of sp³-hybridized carbons (Fsp3) is 0.429. The van der Waals surface area contributed by atoms with Crippen molar-refractivity contribution in [2.75, 3.05) is 20.8 Å². The summed E-state index contributed by atoms with van der Waals surface area (Å²) in [6.07, 6.45) is 3.66. The van der Waals surface area contributed by atoms with Crippen LogP contribution in [-0.2, 0) is 22.0 Å². The van der Waals surface area contributed by atoms with Crippen molar-refractivity contribution in [1.82, 2.24) is 0 Å². The Morgan fingerprint density at radius 3 is 2.26 bits per heavy atom. The molecule has 2 heterocycles. The number of hydrogen-bond acceptors (Lipinski definition) is 7. The van der Waals surface area contributed by atoms with E-state index in [1.165, 1.54) is 11.3 Å². The first kappa shape index (κ1) is 33.1. The van der Waals surface area contributed by atoms with Crippen LogP contribution in [0, 0.1) is 0 Å². The highest BCUT2D eigenvalue weighted by Gasteiger charge is 2.37. The number of methoxy groups -OCH3 is 2. The molecule has 39 heavy (non-hydrogen) atoms. The van der Waals surface area contributed by atoms with Gasteiger partial charge in [0.2, 0.25) is 0 Å². The Hall–Kier alpha value is -2.14. The van der Waals surface area contributed by atoms with E-state index in [1.807, 2.05) is 12.1 Å². The third-order valence-corrected chi connectivity index (χ3v) is 13.2. The second kappa shape index (κ2) is 14.0. The van der Waals surface area contributed by atoms with E-state index in [2.05, 4.69) is 38.8 Å². The van der Waals surface area contributed by atoms with Gasteiger partial charge in [-0.05, 0) is 48.0 Å². The van der Waals surface area contributed by atoms with E-state index in [-0.39, 0.29) is 16.9 Å². The van der Waals surface area contributed by atoms with Crippen LogP contribution in [0.25, 0.3) is 0 Å². The summed E-state index contributed by atoms with van der Waals surface area (Å²) < 4.78 is 23.2. The van der Waals surface area contributed by atoms with Gasteiger partial charge in [0.15, 0.2) is 32.2 Å². The van der Waals surface area contributed by atoms with Crippen molar-refractivity contribution >= 4 is 48.8 Å². The topological polar surface area (TPSA) is 98.1 Å². The Balaban J connectivity index is 0.00000533. The number of rotatable bonds is 11. The number of aromatic nitrogens is 1. The van der Waals surface area contributed by atoms with Crippen molar-refractivity contribution in [3.63, 3.8) is 0 Å². The molecule has 0 aliphatic rings. The molecule has 7 nitrogen and oxygen atoms in total. The van der Waals surface area contributed by atoms with Gasteiger partial charge in [0.1, 0.15) is 21.0 Å². The maximum Gasteiger partial charge on any atom is 0.348 e. The maximum atomic E-state index is 13.3. The monoisotopic (exact) mass is 613 g/mol. The van der Waals surface area contributed by atoms with Crippen LogP contribution in [0.5, 0.6) is 11.5 Å². The van der Waals surface area contributed by atoms with Gasteiger partial charge in [0, 0.05) is 29.9 Å². The Bertz CT molecular complexity index is 1240. The van der Waals surface area contributed by atoms with E-state index in [0.29, 0.717) is 38.6 Å². The summed E-state index contributed by atoms with van der Waals surface area (Å²) in [7, 11) is 1.31. The number of carbonyl (C=O) groups is 1. The summed E-state index contributed by atoms with van der Waals surface area (Å²) in [5.74, 6) is 0.695. The summed E-state index contributed by atoms with van der Waals surface area (Å²) in [5, 5.41) is 1.07. The standard InChI is InChI=1S/C28H35Cl2NO5SSi.H2O/c1-28(2,3)38(6,7)35-13-12-19-9-11-26(37-19)27(32)36-24(15-20-21(29)16-31-17-22(20)30)18-8-10-23(33-4)25(14-18)34-5;/h8-11,14,16-17,24H,12-13,15H2,1-7H3;1H2/t24-;/m0./s1. The van der Waals surface area contributed by atoms with Crippen molar-refractivity contribution in [3.05, 3.63) is 73.7 Å². The average molecular weight is 615 g/mol. The molecule has 3 rings (SSSR count). The van der Waals surface area contributed by atoms with Crippen LogP contribution < -0.4 is 14.5 Å². The van der Waals surface area contributed by atoms with Crippen LogP contribution in [0.2, 0.25) is 28.2 Å². The van der Waals surface area contributed by atoms with Gasteiger partial charge in [-0.25, -0.2) is 9.78 Å². The van der Waals surface area contributed by atoms with Crippen molar-refractivity contribution < 1.29 is 33.9 Å². The lowest BCUT2D eigenvalue weighted by Gasteiger charge is -2.36. The van der Waals surface area contributed by atoms with Crippen molar-refractivity contribution in [2.24, 2.45) is 0 Å². The second-order valence-corrected chi connectivity index (χ2v) is 17.3. The molecule has 0 saturated carbocycles. The van der Waals surface area contributed by atoms with E-state index >= 15 is 0 Å². The van der Waals surface area contributed by atoms with Crippen LogP contribution in [0.15, 0.2) is 42.7 Å². The number of halogens is 2. The number of H-pyrrole nitrogens is 1. The molecule has 0 spiro atoms. The summed E-state index contributed by atoms with van der Waals surface area (Å²) in [4.78, 5) is 17.8. The fourth-order valence-electron chi connectivity index (χ4n) is 3.57. The highest BCUT2D eigenvalue weighted by molar-refractivity contribution is 7.13. The second-order valence-electron chi connectivity index (χ2n) is 10.5. The van der Waals surface area contributed by atoms with E-state index in [1.54, 1.807) is 44.8 Å². The number of thiophene rings is 1. The molecule has 0 radical (unpaired) electrons. The lowest BCUT2D eigenvalue weighted by molar-refractivity contribution is -0.377. The molecule has 2 aromatic heterocycles. The van der Waals surface area contributed by atoms with Gasteiger partial charge in [-0.2, -0.15) is 0 Å². The first-order valence-electron chi connectivity index (χ1n) is 12.4. The lowest BCUT2D eigenvalue weighted by Crippen LogP contribution is -2.41. The van der Waals surface area contributed by atoms with Gasteiger partial charge in [-0.3, -0.25) is 0 Å². The van der Waals surface area contributed by atoms with Gasteiger partial charge in [-0.1, -0.05) is 50.0 Å². The van der Waals surface area contributed by atoms with E-state index in [4.69, 9.17) is 41.8 Å².